The molecule has 1 aromatic heterocycles. The standard InChI is InChI=1S/C16H19NS/c1-3-7-13-11-15(18-16(13)10-6-1)12-17-14-8-4-2-5-9-14/h2,4-5,8-9,11,17H,1,3,6-7,10,12H2. The highest BCUT2D eigenvalue weighted by Gasteiger charge is 2.11. The van der Waals surface area contributed by atoms with E-state index in [4.69, 9.17) is 0 Å². The van der Waals surface area contributed by atoms with Crippen LogP contribution in [0.15, 0.2) is 36.4 Å². The predicted octanol–water partition coefficient (Wildman–Crippen LogP) is 4.63. The first-order chi connectivity index (χ1) is 8.92. The van der Waals surface area contributed by atoms with Gasteiger partial charge >= 0.3 is 0 Å². The number of nitrogens with one attached hydrogen (secondary N) is 1. The second-order valence-electron chi connectivity index (χ2n) is 4.94. The van der Waals surface area contributed by atoms with Gasteiger partial charge in [-0.05, 0) is 49.4 Å². The molecular weight excluding hydrogens is 238 g/mol. The molecule has 1 aliphatic carbocycles. The second kappa shape index (κ2) is 5.57. The third-order valence-corrected chi connectivity index (χ3v) is 4.78. The highest BCUT2D eigenvalue weighted by Crippen LogP contribution is 2.29. The van der Waals surface area contributed by atoms with Gasteiger partial charge in [-0.2, -0.15) is 0 Å². The van der Waals surface area contributed by atoms with Crippen molar-refractivity contribution < 1.29 is 0 Å². The van der Waals surface area contributed by atoms with Gasteiger partial charge in [-0.3, -0.25) is 0 Å². The fraction of sp³-hybridized carbons (Fsp3) is 0.375. The molecule has 3 rings (SSSR count). The highest BCUT2D eigenvalue weighted by atomic mass is 32.1. The van der Waals surface area contributed by atoms with Crippen LogP contribution < -0.4 is 5.32 Å². The minimum Gasteiger partial charge on any atom is -0.380 e. The van der Waals surface area contributed by atoms with Crippen LogP contribution in [0.1, 0.15) is 34.6 Å². The van der Waals surface area contributed by atoms with E-state index >= 15 is 0 Å². The lowest BCUT2D eigenvalue weighted by Gasteiger charge is -2.03. The number of rotatable bonds is 3. The monoisotopic (exact) mass is 257 g/mol. The second-order valence-corrected chi connectivity index (χ2v) is 6.16. The summed E-state index contributed by atoms with van der Waals surface area (Å²) in [5, 5.41) is 3.50. The topological polar surface area (TPSA) is 12.0 Å². The molecule has 0 saturated heterocycles. The molecule has 0 fully saturated rings. The first-order valence-electron chi connectivity index (χ1n) is 6.81. The van der Waals surface area contributed by atoms with Crippen molar-refractivity contribution in [1.29, 1.82) is 0 Å². The van der Waals surface area contributed by atoms with Crippen molar-refractivity contribution in [2.45, 2.75) is 38.6 Å². The molecule has 0 amide bonds. The van der Waals surface area contributed by atoms with Gasteiger partial charge in [-0.15, -0.1) is 11.3 Å². The van der Waals surface area contributed by atoms with Crippen molar-refractivity contribution in [1.82, 2.24) is 0 Å². The molecule has 0 aliphatic heterocycles. The Hall–Kier alpha value is -1.28. The number of thiophene rings is 1. The summed E-state index contributed by atoms with van der Waals surface area (Å²) in [5.41, 5.74) is 2.82. The maximum Gasteiger partial charge on any atom is 0.0494 e. The van der Waals surface area contributed by atoms with Crippen LogP contribution in [-0.4, -0.2) is 0 Å². The zero-order chi connectivity index (χ0) is 12.2. The van der Waals surface area contributed by atoms with E-state index in [1.54, 1.807) is 10.4 Å². The summed E-state index contributed by atoms with van der Waals surface area (Å²) in [4.78, 5) is 3.11. The van der Waals surface area contributed by atoms with E-state index < -0.39 is 0 Å². The van der Waals surface area contributed by atoms with Gasteiger partial charge in [0.1, 0.15) is 0 Å². The SMILES string of the molecule is c1ccc(NCc2cc3c(s2)CCCCC3)cc1. The largest absolute Gasteiger partial charge is 0.380 e. The molecule has 18 heavy (non-hydrogen) atoms. The molecular formula is C16H19NS. The number of benzene rings is 1. The van der Waals surface area contributed by atoms with Gasteiger partial charge < -0.3 is 5.32 Å². The van der Waals surface area contributed by atoms with Crippen LogP contribution in [0.2, 0.25) is 0 Å². The summed E-state index contributed by atoms with van der Waals surface area (Å²) in [6.45, 7) is 0.960. The van der Waals surface area contributed by atoms with Crippen LogP contribution in [0.3, 0.4) is 0 Å². The molecule has 0 bridgehead atoms. The normalized spacial score (nSPS) is 14.9. The van der Waals surface area contributed by atoms with Crippen molar-refractivity contribution in [3.63, 3.8) is 0 Å². The zero-order valence-corrected chi connectivity index (χ0v) is 11.4. The van der Waals surface area contributed by atoms with E-state index in [9.17, 15) is 0 Å². The number of para-hydroxylation sites is 1. The predicted molar refractivity (Wildman–Crippen MR) is 79.3 cm³/mol. The Bertz CT molecular complexity index is 478. The zero-order valence-electron chi connectivity index (χ0n) is 10.6. The van der Waals surface area contributed by atoms with Crippen molar-refractivity contribution in [3.8, 4) is 0 Å². The first kappa shape index (κ1) is 11.8. The Balaban J connectivity index is 1.67. The first-order valence-corrected chi connectivity index (χ1v) is 7.63. The van der Waals surface area contributed by atoms with Crippen molar-refractivity contribution in [3.05, 3.63) is 51.7 Å². The maximum atomic E-state index is 3.50. The Morgan fingerprint density at radius 3 is 2.72 bits per heavy atom. The van der Waals surface area contributed by atoms with Gasteiger partial charge in [0, 0.05) is 22.0 Å². The van der Waals surface area contributed by atoms with Gasteiger partial charge in [0.2, 0.25) is 0 Å². The van der Waals surface area contributed by atoms with Gasteiger partial charge in [-0.1, -0.05) is 24.6 Å². The van der Waals surface area contributed by atoms with E-state index in [1.807, 2.05) is 11.3 Å². The maximum absolute atomic E-state index is 3.50. The molecule has 2 heteroatoms. The highest BCUT2D eigenvalue weighted by molar-refractivity contribution is 7.12. The molecule has 0 radical (unpaired) electrons. The number of aryl methyl sites for hydroxylation is 2. The molecule has 0 spiro atoms. The number of hydrogen-bond acceptors (Lipinski definition) is 2. The van der Waals surface area contributed by atoms with Crippen LogP contribution in [0, 0.1) is 0 Å². The number of anilines is 1. The van der Waals surface area contributed by atoms with Crippen LogP contribution >= 0.6 is 11.3 Å². The third-order valence-electron chi connectivity index (χ3n) is 3.54. The molecule has 1 N–H and O–H groups in total. The fourth-order valence-electron chi connectivity index (χ4n) is 2.56. The van der Waals surface area contributed by atoms with Crippen molar-refractivity contribution in [2.24, 2.45) is 0 Å². The quantitative estimate of drug-likeness (QED) is 0.791. The van der Waals surface area contributed by atoms with Gasteiger partial charge in [0.05, 0.1) is 0 Å². The average Bonchev–Trinajstić information content (AvgIpc) is 2.68. The summed E-state index contributed by atoms with van der Waals surface area (Å²) in [7, 11) is 0. The van der Waals surface area contributed by atoms with E-state index in [1.165, 1.54) is 42.7 Å². The Morgan fingerprint density at radius 1 is 1.00 bits per heavy atom. The Kier molecular flexibility index (Phi) is 3.65. The minimum absolute atomic E-state index is 0.960. The molecule has 94 valence electrons. The molecule has 0 atom stereocenters. The molecule has 0 saturated carbocycles. The lowest BCUT2D eigenvalue weighted by molar-refractivity contribution is 0.712. The summed E-state index contributed by atoms with van der Waals surface area (Å²) in [6, 6.07) is 12.9. The summed E-state index contributed by atoms with van der Waals surface area (Å²) >= 11 is 2.01. The lowest BCUT2D eigenvalue weighted by atomic mass is 10.1. The Labute approximate surface area is 113 Å². The number of hydrogen-bond donors (Lipinski definition) is 1. The lowest BCUT2D eigenvalue weighted by Crippen LogP contribution is -1.96. The van der Waals surface area contributed by atoms with Crippen LogP contribution in [-0.2, 0) is 19.4 Å². The molecule has 0 unspecified atom stereocenters. The van der Waals surface area contributed by atoms with E-state index in [0.717, 1.165) is 6.54 Å². The molecule has 1 aromatic carbocycles. The molecule has 1 nitrogen and oxygen atoms in total. The fourth-order valence-corrected chi connectivity index (χ4v) is 3.76. The molecule has 1 heterocycles. The molecule has 1 aliphatic rings. The van der Waals surface area contributed by atoms with E-state index in [0.29, 0.717) is 0 Å². The average molecular weight is 257 g/mol. The Morgan fingerprint density at radius 2 is 1.83 bits per heavy atom. The molecule has 2 aromatic rings. The number of fused-ring (bicyclic) bond motifs is 1. The summed E-state index contributed by atoms with van der Waals surface area (Å²) < 4.78 is 0. The van der Waals surface area contributed by atoms with E-state index in [2.05, 4.69) is 41.7 Å². The van der Waals surface area contributed by atoms with Crippen LogP contribution in [0.5, 0.6) is 0 Å². The van der Waals surface area contributed by atoms with Gasteiger partial charge in [0.15, 0.2) is 0 Å². The summed E-state index contributed by atoms with van der Waals surface area (Å²) in [5.74, 6) is 0. The van der Waals surface area contributed by atoms with Gasteiger partial charge in [-0.25, -0.2) is 0 Å². The van der Waals surface area contributed by atoms with Crippen LogP contribution in [0.25, 0.3) is 0 Å². The van der Waals surface area contributed by atoms with Crippen molar-refractivity contribution >= 4 is 17.0 Å². The third kappa shape index (κ3) is 2.75. The summed E-state index contributed by atoms with van der Waals surface area (Å²) in [6.07, 6.45) is 6.73. The van der Waals surface area contributed by atoms with Crippen LogP contribution in [0.4, 0.5) is 5.69 Å². The minimum atomic E-state index is 0.960. The van der Waals surface area contributed by atoms with E-state index in [-0.39, 0.29) is 0 Å². The van der Waals surface area contributed by atoms with Crippen molar-refractivity contribution in [2.75, 3.05) is 5.32 Å². The smallest absolute Gasteiger partial charge is 0.0494 e. The van der Waals surface area contributed by atoms with Gasteiger partial charge in [0.25, 0.3) is 0 Å².